The van der Waals surface area contributed by atoms with E-state index in [2.05, 4.69) is 10.3 Å². The summed E-state index contributed by atoms with van der Waals surface area (Å²) in [6, 6.07) is -0.104. The van der Waals surface area contributed by atoms with E-state index in [-0.39, 0.29) is 6.03 Å². The molecule has 1 aromatic rings. The van der Waals surface area contributed by atoms with Crippen LogP contribution in [0.5, 0.6) is 0 Å². The lowest BCUT2D eigenvalue weighted by Gasteiger charge is -2.25. The van der Waals surface area contributed by atoms with Crippen LogP contribution in [0, 0.1) is 6.92 Å². The number of carbonyl (C=O) groups excluding carboxylic acids is 1. The Balaban J connectivity index is 2.79. The van der Waals surface area contributed by atoms with Crippen LogP contribution in [-0.2, 0) is 5.54 Å². The smallest absolute Gasteiger partial charge is 0.317 e. The normalized spacial score (nSPS) is 11.3. The number of urea groups is 1. The molecule has 0 radical (unpaired) electrons. The van der Waals surface area contributed by atoms with Gasteiger partial charge in [0, 0.05) is 25.2 Å². The van der Waals surface area contributed by atoms with Gasteiger partial charge in [-0.1, -0.05) is 0 Å². The van der Waals surface area contributed by atoms with E-state index in [1.807, 2.05) is 26.2 Å². The predicted molar refractivity (Wildman–Crippen MR) is 62.1 cm³/mol. The van der Waals surface area contributed by atoms with Crippen LogP contribution in [0.15, 0.2) is 5.38 Å². The molecule has 0 atom stereocenters. The Morgan fingerprint density at radius 2 is 2.13 bits per heavy atom. The fraction of sp³-hybridized carbons (Fsp3) is 0.600. The Morgan fingerprint density at radius 3 is 2.53 bits per heavy atom. The predicted octanol–water partition coefficient (Wildman–Crippen LogP) is 1.96. The summed E-state index contributed by atoms with van der Waals surface area (Å²) in [5.41, 5.74) is 0.572. The number of rotatable bonds is 2. The van der Waals surface area contributed by atoms with Crippen LogP contribution in [0.4, 0.5) is 4.79 Å². The molecule has 0 aliphatic heterocycles. The zero-order valence-electron chi connectivity index (χ0n) is 9.79. The molecule has 1 N–H and O–H groups in total. The number of hydrogen-bond acceptors (Lipinski definition) is 3. The Kier molecular flexibility index (Phi) is 3.34. The van der Waals surface area contributed by atoms with Crippen molar-refractivity contribution < 1.29 is 4.79 Å². The molecule has 1 rings (SSSR count). The van der Waals surface area contributed by atoms with E-state index in [0.717, 1.165) is 10.7 Å². The van der Waals surface area contributed by atoms with Gasteiger partial charge < -0.3 is 10.2 Å². The van der Waals surface area contributed by atoms with Crippen LogP contribution in [0.3, 0.4) is 0 Å². The molecule has 0 bridgehead atoms. The summed E-state index contributed by atoms with van der Waals surface area (Å²) in [6.45, 7) is 5.85. The SMILES string of the molecule is Cc1csc(C(C)(C)NC(=O)N(C)C)n1. The number of hydrogen-bond donors (Lipinski definition) is 1. The second-order valence-corrected chi connectivity index (χ2v) is 5.10. The molecule has 2 amide bonds. The first kappa shape index (κ1) is 12.0. The molecule has 0 aliphatic carbocycles. The number of thiazole rings is 1. The van der Waals surface area contributed by atoms with Crippen LogP contribution < -0.4 is 5.32 Å². The summed E-state index contributed by atoms with van der Waals surface area (Å²) in [5, 5.41) is 5.83. The monoisotopic (exact) mass is 227 g/mol. The second kappa shape index (κ2) is 4.18. The van der Waals surface area contributed by atoms with Gasteiger partial charge in [-0.2, -0.15) is 0 Å². The number of nitrogens with one attached hydrogen (secondary N) is 1. The Labute approximate surface area is 94.3 Å². The third-order valence-corrected chi connectivity index (χ3v) is 3.26. The highest BCUT2D eigenvalue weighted by atomic mass is 32.1. The minimum atomic E-state index is -0.416. The molecule has 0 spiro atoms. The molecule has 0 saturated heterocycles. The van der Waals surface area contributed by atoms with Gasteiger partial charge in [0.1, 0.15) is 5.01 Å². The van der Waals surface area contributed by atoms with Crippen molar-refractivity contribution in [1.29, 1.82) is 0 Å². The van der Waals surface area contributed by atoms with Gasteiger partial charge in [-0.15, -0.1) is 11.3 Å². The van der Waals surface area contributed by atoms with Crippen LogP contribution in [0.25, 0.3) is 0 Å². The fourth-order valence-corrected chi connectivity index (χ4v) is 1.95. The molecule has 0 aromatic carbocycles. The zero-order chi connectivity index (χ0) is 11.6. The van der Waals surface area contributed by atoms with Gasteiger partial charge in [0.15, 0.2) is 0 Å². The summed E-state index contributed by atoms with van der Waals surface area (Å²) >= 11 is 1.57. The lowest BCUT2D eigenvalue weighted by Crippen LogP contribution is -2.45. The molecular weight excluding hydrogens is 210 g/mol. The first-order valence-electron chi connectivity index (χ1n) is 4.75. The Hall–Kier alpha value is -1.10. The molecule has 84 valence electrons. The van der Waals surface area contributed by atoms with Gasteiger partial charge in [0.2, 0.25) is 0 Å². The van der Waals surface area contributed by atoms with Crippen molar-refractivity contribution in [3.63, 3.8) is 0 Å². The summed E-state index contributed by atoms with van der Waals surface area (Å²) in [7, 11) is 3.44. The largest absolute Gasteiger partial charge is 0.331 e. The van der Waals surface area contributed by atoms with Crippen LogP contribution in [-0.4, -0.2) is 30.0 Å². The molecule has 0 aliphatic rings. The van der Waals surface area contributed by atoms with Gasteiger partial charge in [0.05, 0.1) is 5.54 Å². The highest BCUT2D eigenvalue weighted by Crippen LogP contribution is 2.23. The van der Waals surface area contributed by atoms with Gasteiger partial charge >= 0.3 is 6.03 Å². The van der Waals surface area contributed by atoms with Crippen molar-refractivity contribution in [2.75, 3.05) is 14.1 Å². The maximum absolute atomic E-state index is 11.5. The van der Waals surface area contributed by atoms with E-state index in [1.165, 1.54) is 4.90 Å². The van der Waals surface area contributed by atoms with Gasteiger partial charge in [-0.05, 0) is 20.8 Å². The molecule has 0 unspecified atom stereocenters. The fourth-order valence-electron chi connectivity index (χ4n) is 1.07. The van der Waals surface area contributed by atoms with Crippen molar-refractivity contribution in [2.24, 2.45) is 0 Å². The molecule has 15 heavy (non-hydrogen) atoms. The second-order valence-electron chi connectivity index (χ2n) is 4.24. The van der Waals surface area contributed by atoms with E-state index in [9.17, 15) is 4.79 Å². The van der Waals surface area contributed by atoms with Gasteiger partial charge in [-0.3, -0.25) is 0 Å². The molecule has 4 nitrogen and oxygen atoms in total. The third kappa shape index (κ3) is 2.92. The lowest BCUT2D eigenvalue weighted by molar-refractivity contribution is 0.205. The Morgan fingerprint density at radius 1 is 1.53 bits per heavy atom. The number of carbonyl (C=O) groups is 1. The average Bonchev–Trinajstić information content (AvgIpc) is 2.51. The number of amides is 2. The summed E-state index contributed by atoms with van der Waals surface area (Å²) in [4.78, 5) is 17.4. The highest BCUT2D eigenvalue weighted by Gasteiger charge is 2.26. The van der Waals surface area contributed by atoms with Gasteiger partial charge in [0.25, 0.3) is 0 Å². The Bertz CT molecular complexity index is 357. The van der Waals surface area contributed by atoms with E-state index in [4.69, 9.17) is 0 Å². The van der Waals surface area contributed by atoms with Crippen LogP contribution >= 0.6 is 11.3 Å². The van der Waals surface area contributed by atoms with E-state index >= 15 is 0 Å². The van der Waals surface area contributed by atoms with E-state index < -0.39 is 5.54 Å². The zero-order valence-corrected chi connectivity index (χ0v) is 10.6. The number of aryl methyl sites for hydroxylation is 1. The average molecular weight is 227 g/mol. The summed E-state index contributed by atoms with van der Waals surface area (Å²) in [5.74, 6) is 0. The third-order valence-electron chi connectivity index (χ3n) is 1.98. The molecular formula is C10H17N3OS. The molecule has 1 heterocycles. The van der Waals surface area contributed by atoms with Crippen molar-refractivity contribution in [3.8, 4) is 0 Å². The molecule has 0 saturated carbocycles. The van der Waals surface area contributed by atoms with Crippen molar-refractivity contribution in [2.45, 2.75) is 26.3 Å². The lowest BCUT2D eigenvalue weighted by atomic mass is 10.1. The van der Waals surface area contributed by atoms with Crippen molar-refractivity contribution in [3.05, 3.63) is 16.1 Å². The maximum atomic E-state index is 11.5. The molecule has 0 fully saturated rings. The first-order chi connectivity index (χ1) is 6.83. The van der Waals surface area contributed by atoms with E-state index in [1.54, 1.807) is 25.4 Å². The molecule has 5 heteroatoms. The van der Waals surface area contributed by atoms with Gasteiger partial charge in [-0.25, -0.2) is 9.78 Å². The van der Waals surface area contributed by atoms with Crippen LogP contribution in [0.2, 0.25) is 0 Å². The standard InChI is InChI=1S/C10H17N3OS/c1-7-6-15-8(11-7)10(2,3)12-9(14)13(4)5/h6H,1-5H3,(H,12,14). The van der Waals surface area contributed by atoms with Crippen molar-refractivity contribution in [1.82, 2.24) is 15.2 Å². The minimum Gasteiger partial charge on any atom is -0.331 e. The maximum Gasteiger partial charge on any atom is 0.317 e. The number of nitrogens with zero attached hydrogens (tertiary/aromatic N) is 2. The number of aromatic nitrogens is 1. The summed E-state index contributed by atoms with van der Waals surface area (Å²) in [6.07, 6.45) is 0. The van der Waals surface area contributed by atoms with E-state index in [0.29, 0.717) is 0 Å². The topological polar surface area (TPSA) is 45.2 Å². The highest BCUT2D eigenvalue weighted by molar-refractivity contribution is 7.09. The van der Waals surface area contributed by atoms with Crippen LogP contribution in [0.1, 0.15) is 24.5 Å². The molecule has 1 aromatic heterocycles. The quantitative estimate of drug-likeness (QED) is 0.839. The first-order valence-corrected chi connectivity index (χ1v) is 5.63. The minimum absolute atomic E-state index is 0.104. The summed E-state index contributed by atoms with van der Waals surface area (Å²) < 4.78 is 0. The van der Waals surface area contributed by atoms with Crippen molar-refractivity contribution >= 4 is 17.4 Å².